The van der Waals surface area contributed by atoms with Gasteiger partial charge in [-0.25, -0.2) is 9.37 Å². The number of cyclic esters (lactones) is 1. The van der Waals surface area contributed by atoms with Crippen molar-refractivity contribution >= 4 is 38.5 Å². The van der Waals surface area contributed by atoms with Gasteiger partial charge in [0.05, 0.1) is 13.0 Å². The minimum absolute atomic E-state index is 0.105. The van der Waals surface area contributed by atoms with Gasteiger partial charge in [-0.2, -0.15) is 0 Å². The largest absolute Gasteiger partial charge is 0.460 e. The monoisotopic (exact) mass is 407 g/mol. The molecule has 25 heavy (non-hydrogen) atoms. The summed E-state index contributed by atoms with van der Waals surface area (Å²) in [5.41, 5.74) is -0.105. The van der Waals surface area contributed by atoms with Crippen molar-refractivity contribution < 1.29 is 13.9 Å². The van der Waals surface area contributed by atoms with Crippen molar-refractivity contribution in [3.63, 3.8) is 0 Å². The molecule has 1 aromatic carbocycles. The number of anilines is 1. The number of fused-ring (bicyclic) bond motifs is 1. The van der Waals surface area contributed by atoms with E-state index >= 15 is 0 Å². The molecule has 0 saturated carbocycles. The van der Waals surface area contributed by atoms with Crippen molar-refractivity contribution in [2.24, 2.45) is 5.41 Å². The summed E-state index contributed by atoms with van der Waals surface area (Å²) in [6.07, 6.45) is 3.84. The van der Waals surface area contributed by atoms with Gasteiger partial charge in [-0.1, -0.05) is 6.07 Å². The predicted octanol–water partition coefficient (Wildman–Crippen LogP) is 3.23. The number of pyridine rings is 1. The van der Waals surface area contributed by atoms with E-state index in [4.69, 9.17) is 4.74 Å². The predicted molar refractivity (Wildman–Crippen MR) is 96.9 cm³/mol. The SMILES string of the molecule is O=C1CC2(CCNCC2)C(CNc2ncc(Br)c3ccc(F)cc23)O1. The third-order valence-corrected chi connectivity index (χ3v) is 5.94. The Hall–Kier alpha value is -1.73. The molecule has 1 spiro atoms. The van der Waals surface area contributed by atoms with Crippen LogP contribution >= 0.6 is 15.9 Å². The van der Waals surface area contributed by atoms with Crippen LogP contribution < -0.4 is 10.6 Å². The summed E-state index contributed by atoms with van der Waals surface area (Å²) in [6, 6.07) is 4.63. The number of aromatic nitrogens is 1. The van der Waals surface area contributed by atoms with Gasteiger partial charge in [-0.15, -0.1) is 0 Å². The molecule has 0 amide bonds. The summed E-state index contributed by atoms with van der Waals surface area (Å²) in [5, 5.41) is 8.21. The molecule has 5 nitrogen and oxygen atoms in total. The molecule has 132 valence electrons. The highest BCUT2D eigenvalue weighted by Gasteiger charge is 2.49. The maximum Gasteiger partial charge on any atom is 0.306 e. The lowest BCUT2D eigenvalue weighted by atomic mass is 9.73. The molecule has 7 heteroatoms. The molecule has 2 aromatic rings. The molecule has 2 fully saturated rings. The van der Waals surface area contributed by atoms with E-state index in [1.807, 2.05) is 0 Å². The molecule has 1 aromatic heterocycles. The average Bonchev–Trinajstić information content (AvgIpc) is 2.89. The second-order valence-electron chi connectivity index (χ2n) is 6.79. The van der Waals surface area contributed by atoms with Crippen LogP contribution in [-0.2, 0) is 9.53 Å². The first-order valence-electron chi connectivity index (χ1n) is 8.45. The van der Waals surface area contributed by atoms with E-state index in [1.54, 1.807) is 12.3 Å². The van der Waals surface area contributed by atoms with Crippen LogP contribution in [0.25, 0.3) is 10.8 Å². The molecule has 1 atom stereocenters. The molecular formula is C18H19BrFN3O2. The van der Waals surface area contributed by atoms with Crippen LogP contribution in [0.1, 0.15) is 19.3 Å². The van der Waals surface area contributed by atoms with Gasteiger partial charge < -0.3 is 15.4 Å². The number of benzene rings is 1. The third-order valence-electron chi connectivity index (χ3n) is 5.31. The highest BCUT2D eigenvalue weighted by molar-refractivity contribution is 9.10. The van der Waals surface area contributed by atoms with Crippen molar-refractivity contribution in [3.8, 4) is 0 Å². The molecule has 0 aliphatic carbocycles. The molecule has 2 aliphatic rings. The summed E-state index contributed by atoms with van der Waals surface area (Å²) in [7, 11) is 0. The summed E-state index contributed by atoms with van der Waals surface area (Å²) < 4.78 is 20.1. The minimum Gasteiger partial charge on any atom is -0.460 e. The average molecular weight is 408 g/mol. The first kappa shape index (κ1) is 16.7. The fourth-order valence-electron chi connectivity index (χ4n) is 3.92. The van der Waals surface area contributed by atoms with E-state index < -0.39 is 0 Å². The maximum absolute atomic E-state index is 13.7. The zero-order chi connectivity index (χ0) is 17.4. The first-order valence-corrected chi connectivity index (χ1v) is 9.25. The smallest absolute Gasteiger partial charge is 0.306 e. The number of esters is 1. The van der Waals surface area contributed by atoms with Crippen LogP contribution in [0.4, 0.5) is 10.2 Å². The standard InChI is InChI=1S/C18H19BrFN3O2/c19-14-9-22-17(13-7-11(20)1-2-12(13)14)23-10-15-18(8-16(24)25-15)3-5-21-6-4-18/h1-2,7,9,15,21H,3-6,8,10H2,(H,22,23). The summed E-state index contributed by atoms with van der Waals surface area (Å²) in [4.78, 5) is 16.3. The number of carbonyl (C=O) groups is 1. The Morgan fingerprint density at radius 3 is 2.96 bits per heavy atom. The quantitative estimate of drug-likeness (QED) is 0.764. The first-order chi connectivity index (χ1) is 12.1. The molecule has 2 saturated heterocycles. The highest BCUT2D eigenvalue weighted by atomic mass is 79.9. The van der Waals surface area contributed by atoms with Gasteiger partial charge in [-0.05, 0) is 54.0 Å². The molecule has 2 N–H and O–H groups in total. The number of carbonyl (C=O) groups excluding carboxylic acids is 1. The number of piperidine rings is 1. The Balaban J connectivity index is 1.59. The topological polar surface area (TPSA) is 63.2 Å². The van der Waals surface area contributed by atoms with Gasteiger partial charge in [-0.3, -0.25) is 4.79 Å². The number of ether oxygens (including phenoxy) is 1. The summed E-state index contributed by atoms with van der Waals surface area (Å²) in [6.45, 7) is 2.28. The van der Waals surface area contributed by atoms with Crippen molar-refractivity contribution in [3.05, 3.63) is 34.7 Å². The summed E-state index contributed by atoms with van der Waals surface area (Å²) in [5.74, 6) is 0.163. The molecular weight excluding hydrogens is 389 g/mol. The molecule has 2 aliphatic heterocycles. The Morgan fingerprint density at radius 1 is 1.36 bits per heavy atom. The van der Waals surface area contributed by atoms with Gasteiger partial charge >= 0.3 is 5.97 Å². The molecule has 3 heterocycles. The number of halogens is 2. The van der Waals surface area contributed by atoms with E-state index in [-0.39, 0.29) is 23.3 Å². The number of hydrogen-bond donors (Lipinski definition) is 2. The lowest BCUT2D eigenvalue weighted by Crippen LogP contribution is -2.44. The minimum atomic E-state index is -0.308. The highest BCUT2D eigenvalue weighted by Crippen LogP contribution is 2.43. The molecule has 4 rings (SSSR count). The second-order valence-corrected chi connectivity index (χ2v) is 7.65. The Labute approximate surface area is 153 Å². The lowest BCUT2D eigenvalue weighted by Gasteiger charge is -2.36. The zero-order valence-electron chi connectivity index (χ0n) is 13.6. The van der Waals surface area contributed by atoms with E-state index in [0.29, 0.717) is 24.2 Å². The maximum atomic E-state index is 13.7. The Kier molecular flexibility index (Phi) is 4.37. The van der Waals surface area contributed by atoms with Crippen molar-refractivity contribution in [2.75, 3.05) is 25.0 Å². The van der Waals surface area contributed by atoms with Crippen LogP contribution in [0.5, 0.6) is 0 Å². The van der Waals surface area contributed by atoms with E-state index in [2.05, 4.69) is 31.5 Å². The third kappa shape index (κ3) is 3.11. The van der Waals surface area contributed by atoms with E-state index in [1.165, 1.54) is 12.1 Å². The number of rotatable bonds is 3. The van der Waals surface area contributed by atoms with Crippen molar-refractivity contribution in [1.82, 2.24) is 10.3 Å². The van der Waals surface area contributed by atoms with E-state index in [9.17, 15) is 9.18 Å². The fraction of sp³-hybridized carbons (Fsp3) is 0.444. The molecule has 1 unspecified atom stereocenters. The van der Waals surface area contributed by atoms with Crippen LogP contribution in [0, 0.1) is 11.2 Å². The summed E-state index contributed by atoms with van der Waals surface area (Å²) >= 11 is 3.45. The Bertz CT molecular complexity index is 823. The zero-order valence-corrected chi connectivity index (χ0v) is 15.2. The van der Waals surface area contributed by atoms with Gasteiger partial charge in [0.1, 0.15) is 17.7 Å². The van der Waals surface area contributed by atoms with Crippen LogP contribution in [-0.4, -0.2) is 36.7 Å². The van der Waals surface area contributed by atoms with Crippen molar-refractivity contribution in [1.29, 1.82) is 0 Å². The van der Waals surface area contributed by atoms with E-state index in [0.717, 1.165) is 35.8 Å². The van der Waals surface area contributed by atoms with Gasteiger partial charge in [0.2, 0.25) is 0 Å². The number of hydrogen-bond acceptors (Lipinski definition) is 5. The fourth-order valence-corrected chi connectivity index (χ4v) is 4.37. The van der Waals surface area contributed by atoms with Gasteiger partial charge in [0, 0.05) is 26.9 Å². The van der Waals surface area contributed by atoms with Crippen LogP contribution in [0.15, 0.2) is 28.9 Å². The normalized spacial score (nSPS) is 22.3. The van der Waals surface area contributed by atoms with Crippen molar-refractivity contribution in [2.45, 2.75) is 25.4 Å². The lowest BCUT2D eigenvalue weighted by molar-refractivity contribution is -0.141. The van der Waals surface area contributed by atoms with Crippen LogP contribution in [0.2, 0.25) is 0 Å². The Morgan fingerprint density at radius 2 is 2.16 bits per heavy atom. The number of nitrogens with one attached hydrogen (secondary N) is 2. The van der Waals surface area contributed by atoms with Crippen LogP contribution in [0.3, 0.4) is 0 Å². The second kappa shape index (κ2) is 6.53. The molecule has 0 bridgehead atoms. The number of nitrogens with zero attached hydrogens (tertiary/aromatic N) is 1. The van der Waals surface area contributed by atoms with Gasteiger partial charge in [0.25, 0.3) is 0 Å². The van der Waals surface area contributed by atoms with Gasteiger partial charge in [0.15, 0.2) is 0 Å². The molecule has 0 radical (unpaired) electrons.